The third-order valence-corrected chi connectivity index (χ3v) is 6.90. The molecule has 3 aromatic rings. The van der Waals surface area contributed by atoms with Crippen molar-refractivity contribution >= 4 is 29.4 Å². The Labute approximate surface area is 246 Å². The molecule has 2 atom stereocenters. The van der Waals surface area contributed by atoms with Crippen LogP contribution in [0.1, 0.15) is 61.1 Å². The van der Waals surface area contributed by atoms with Crippen LogP contribution in [0.2, 0.25) is 5.02 Å². The summed E-state index contributed by atoms with van der Waals surface area (Å²) in [6, 6.07) is 18.8. The third kappa shape index (κ3) is 10.2. The van der Waals surface area contributed by atoms with Gasteiger partial charge < -0.3 is 19.5 Å². The monoisotopic (exact) mass is 580 g/mol. The van der Waals surface area contributed by atoms with Gasteiger partial charge in [0.1, 0.15) is 6.04 Å². The van der Waals surface area contributed by atoms with Crippen LogP contribution in [0.3, 0.4) is 0 Å². The average Bonchev–Trinajstić information content (AvgIpc) is 2.96. The van der Waals surface area contributed by atoms with Gasteiger partial charge in [-0.05, 0) is 61.8 Å². The molecule has 2 aromatic carbocycles. The van der Waals surface area contributed by atoms with Crippen molar-refractivity contribution in [1.29, 1.82) is 0 Å². The number of nitrogens with zero attached hydrogens (tertiary/aromatic N) is 1. The number of esters is 2. The van der Waals surface area contributed by atoms with Crippen LogP contribution < -0.4 is 14.8 Å². The van der Waals surface area contributed by atoms with E-state index in [4.69, 9.17) is 25.8 Å². The van der Waals surface area contributed by atoms with E-state index < -0.39 is 23.9 Å². The summed E-state index contributed by atoms with van der Waals surface area (Å²) >= 11 is 6.09. The highest BCUT2D eigenvalue weighted by Gasteiger charge is 2.27. The van der Waals surface area contributed by atoms with Gasteiger partial charge in [0.25, 0.3) is 5.91 Å². The van der Waals surface area contributed by atoms with Crippen molar-refractivity contribution in [2.75, 3.05) is 13.7 Å². The number of aryl methyl sites for hydroxylation is 1. The Morgan fingerprint density at radius 2 is 1.68 bits per heavy atom. The van der Waals surface area contributed by atoms with Gasteiger partial charge in [0.2, 0.25) is 5.75 Å². The molecule has 8 nitrogen and oxygen atoms in total. The summed E-state index contributed by atoms with van der Waals surface area (Å²) in [6.07, 6.45) is 6.06. The van der Waals surface area contributed by atoms with Gasteiger partial charge >= 0.3 is 11.9 Å². The second-order valence-electron chi connectivity index (χ2n) is 9.71. The first-order valence-corrected chi connectivity index (χ1v) is 14.2. The lowest BCUT2D eigenvalue weighted by molar-refractivity contribution is -0.145. The maximum atomic E-state index is 13.2. The van der Waals surface area contributed by atoms with Gasteiger partial charge in [-0.25, -0.2) is 9.78 Å². The lowest BCUT2D eigenvalue weighted by atomic mass is 9.88. The number of hydrogen-bond donors (Lipinski definition) is 1. The van der Waals surface area contributed by atoms with Gasteiger partial charge in [0.15, 0.2) is 11.4 Å². The van der Waals surface area contributed by atoms with Crippen molar-refractivity contribution in [2.45, 2.75) is 58.4 Å². The Balaban J connectivity index is 1.71. The smallest absolute Gasteiger partial charge is 0.328 e. The van der Waals surface area contributed by atoms with Gasteiger partial charge in [-0.1, -0.05) is 66.9 Å². The standard InChI is InChI=1S/C32H37ClN2O6/c1-4-40-32(38)27(35-31(37)29-30(41-22(2)36)28(39-3)19-20-34-29)12-8-11-24(14-13-23-9-6-5-7-10-23)21-25-15-17-26(33)18-16-25/h5-7,9-10,15-20,24,27H,4,8,11-14,21H2,1-3H3,(H,35,37). The molecule has 0 fully saturated rings. The Morgan fingerprint density at radius 1 is 0.951 bits per heavy atom. The van der Waals surface area contributed by atoms with Gasteiger partial charge in [-0.15, -0.1) is 0 Å². The van der Waals surface area contributed by atoms with E-state index in [-0.39, 0.29) is 23.8 Å². The summed E-state index contributed by atoms with van der Waals surface area (Å²) in [6.45, 7) is 3.11. The van der Waals surface area contributed by atoms with Crippen molar-refractivity contribution < 1.29 is 28.6 Å². The zero-order chi connectivity index (χ0) is 29.6. The highest BCUT2D eigenvalue weighted by atomic mass is 35.5. The number of pyridine rings is 1. The Bertz CT molecular complexity index is 1280. The number of benzene rings is 2. The van der Waals surface area contributed by atoms with Crippen LogP contribution in [0.15, 0.2) is 66.9 Å². The van der Waals surface area contributed by atoms with E-state index in [1.807, 2.05) is 42.5 Å². The van der Waals surface area contributed by atoms with E-state index >= 15 is 0 Å². The molecule has 0 spiro atoms. The van der Waals surface area contributed by atoms with Gasteiger partial charge in [0.05, 0.1) is 13.7 Å². The van der Waals surface area contributed by atoms with Crippen molar-refractivity contribution in [2.24, 2.45) is 5.92 Å². The fourth-order valence-electron chi connectivity index (χ4n) is 4.64. The first-order valence-electron chi connectivity index (χ1n) is 13.8. The van der Waals surface area contributed by atoms with Crippen LogP contribution in [0, 0.1) is 5.92 Å². The number of hydrogen-bond acceptors (Lipinski definition) is 7. The number of nitrogens with one attached hydrogen (secondary N) is 1. The molecular formula is C32H37ClN2O6. The molecule has 1 amide bonds. The van der Waals surface area contributed by atoms with E-state index in [0.717, 1.165) is 25.7 Å². The zero-order valence-electron chi connectivity index (χ0n) is 23.7. The fraction of sp³-hybridized carbons (Fsp3) is 0.375. The van der Waals surface area contributed by atoms with Crippen molar-refractivity contribution in [1.82, 2.24) is 10.3 Å². The highest BCUT2D eigenvalue weighted by molar-refractivity contribution is 6.30. The molecule has 9 heteroatoms. The largest absolute Gasteiger partial charge is 0.493 e. The van der Waals surface area contributed by atoms with Crippen LogP contribution in [-0.4, -0.2) is 42.6 Å². The van der Waals surface area contributed by atoms with E-state index in [9.17, 15) is 14.4 Å². The molecular weight excluding hydrogens is 544 g/mol. The molecule has 2 unspecified atom stereocenters. The number of carbonyl (C=O) groups is 3. The second-order valence-corrected chi connectivity index (χ2v) is 10.2. The molecule has 0 radical (unpaired) electrons. The van der Waals surface area contributed by atoms with Crippen LogP contribution in [0.4, 0.5) is 0 Å². The predicted octanol–water partition coefficient (Wildman–Crippen LogP) is 5.99. The van der Waals surface area contributed by atoms with Gasteiger partial charge in [0, 0.05) is 24.2 Å². The summed E-state index contributed by atoms with van der Waals surface area (Å²) in [4.78, 5) is 41.8. The number of halogens is 1. The number of carbonyl (C=O) groups excluding carboxylic acids is 3. The fourth-order valence-corrected chi connectivity index (χ4v) is 4.77. The lowest BCUT2D eigenvalue weighted by Crippen LogP contribution is -2.42. The second kappa shape index (κ2) is 16.4. The summed E-state index contributed by atoms with van der Waals surface area (Å²) in [5.41, 5.74) is 2.32. The number of aromatic nitrogens is 1. The van der Waals surface area contributed by atoms with Crippen molar-refractivity contribution in [3.05, 3.63) is 88.7 Å². The molecule has 218 valence electrons. The zero-order valence-corrected chi connectivity index (χ0v) is 24.5. The topological polar surface area (TPSA) is 104 Å². The molecule has 0 aliphatic rings. The summed E-state index contributed by atoms with van der Waals surface area (Å²) in [7, 11) is 1.39. The van der Waals surface area contributed by atoms with Crippen LogP contribution >= 0.6 is 11.6 Å². The lowest BCUT2D eigenvalue weighted by Gasteiger charge is -2.21. The molecule has 0 saturated carbocycles. The average molecular weight is 581 g/mol. The Hall–Kier alpha value is -3.91. The number of ether oxygens (including phenoxy) is 3. The molecule has 41 heavy (non-hydrogen) atoms. The third-order valence-electron chi connectivity index (χ3n) is 6.65. The van der Waals surface area contributed by atoms with Gasteiger partial charge in [-0.3, -0.25) is 9.59 Å². The number of amides is 1. The predicted molar refractivity (Wildman–Crippen MR) is 157 cm³/mol. The first-order chi connectivity index (χ1) is 19.8. The van der Waals surface area contributed by atoms with E-state index in [1.165, 1.54) is 37.4 Å². The summed E-state index contributed by atoms with van der Waals surface area (Å²) in [5, 5.41) is 3.43. The summed E-state index contributed by atoms with van der Waals surface area (Å²) in [5.74, 6) is -1.40. The van der Waals surface area contributed by atoms with E-state index in [2.05, 4.69) is 22.4 Å². The van der Waals surface area contributed by atoms with Crippen molar-refractivity contribution in [3.8, 4) is 11.5 Å². The molecule has 1 heterocycles. The molecule has 0 aliphatic heterocycles. The molecule has 0 bridgehead atoms. The molecule has 0 aliphatic carbocycles. The quantitative estimate of drug-likeness (QED) is 0.220. The minimum Gasteiger partial charge on any atom is -0.493 e. The van der Waals surface area contributed by atoms with E-state index in [0.29, 0.717) is 23.8 Å². The first kappa shape index (κ1) is 31.6. The minimum atomic E-state index is -0.897. The van der Waals surface area contributed by atoms with E-state index in [1.54, 1.807) is 6.92 Å². The minimum absolute atomic E-state index is 0.105. The van der Waals surface area contributed by atoms with Gasteiger partial charge in [-0.2, -0.15) is 0 Å². The molecule has 3 rings (SSSR count). The van der Waals surface area contributed by atoms with Crippen LogP contribution in [0.5, 0.6) is 11.5 Å². The number of methoxy groups -OCH3 is 1. The molecule has 1 aromatic heterocycles. The highest BCUT2D eigenvalue weighted by Crippen LogP contribution is 2.30. The maximum absolute atomic E-state index is 13.2. The number of rotatable bonds is 15. The molecule has 0 saturated heterocycles. The van der Waals surface area contributed by atoms with Crippen LogP contribution in [-0.2, 0) is 27.2 Å². The molecule has 1 N–H and O–H groups in total. The van der Waals surface area contributed by atoms with Crippen LogP contribution in [0.25, 0.3) is 0 Å². The maximum Gasteiger partial charge on any atom is 0.328 e. The summed E-state index contributed by atoms with van der Waals surface area (Å²) < 4.78 is 15.7. The normalized spacial score (nSPS) is 12.2. The van der Waals surface area contributed by atoms with Crippen molar-refractivity contribution in [3.63, 3.8) is 0 Å². The SMILES string of the molecule is CCOC(=O)C(CCCC(CCc1ccccc1)Cc1ccc(Cl)cc1)NC(=O)c1nccc(OC)c1OC(C)=O. The Morgan fingerprint density at radius 3 is 2.34 bits per heavy atom. The Kier molecular flexibility index (Phi) is 12.6.